The lowest BCUT2D eigenvalue weighted by Gasteiger charge is -2.34. The van der Waals surface area contributed by atoms with E-state index in [0.717, 1.165) is 35.2 Å². The van der Waals surface area contributed by atoms with Crippen LogP contribution in [0.1, 0.15) is 36.8 Å². The summed E-state index contributed by atoms with van der Waals surface area (Å²) in [5.41, 5.74) is 5.58. The summed E-state index contributed by atoms with van der Waals surface area (Å²) in [6.45, 7) is 2.19. The topological polar surface area (TPSA) is 86.2 Å². The maximum Gasteiger partial charge on any atom is 0.202 e. The number of hydrogen-bond acceptors (Lipinski definition) is 7. The molecule has 7 nitrogen and oxygen atoms in total. The fraction of sp³-hybridized carbons (Fsp3) is 0.276. The normalized spacial score (nSPS) is 26.5. The van der Waals surface area contributed by atoms with E-state index in [2.05, 4.69) is 17.2 Å². The Labute approximate surface area is 216 Å². The van der Waals surface area contributed by atoms with E-state index >= 15 is 0 Å². The van der Waals surface area contributed by atoms with E-state index in [1.54, 1.807) is 26.7 Å². The molecular formula is C29H28N2O5S. The Hall–Kier alpha value is -3.78. The van der Waals surface area contributed by atoms with Crippen molar-refractivity contribution in [3.05, 3.63) is 93.9 Å². The van der Waals surface area contributed by atoms with Crippen LogP contribution in [-0.2, 0) is 19.3 Å². The molecule has 0 bridgehead atoms. The van der Waals surface area contributed by atoms with E-state index in [-0.39, 0.29) is 22.8 Å². The van der Waals surface area contributed by atoms with Gasteiger partial charge in [-0.25, -0.2) is 8.42 Å². The molecule has 2 aromatic rings. The van der Waals surface area contributed by atoms with Gasteiger partial charge in [0, 0.05) is 23.4 Å². The number of aliphatic imine (C=N–C) groups is 1. The number of anilines is 1. The summed E-state index contributed by atoms with van der Waals surface area (Å²) in [5.74, 6) is 0.991. The number of methoxy groups -OCH3 is 2. The zero-order valence-electron chi connectivity index (χ0n) is 20.9. The molecule has 0 saturated carbocycles. The lowest BCUT2D eigenvalue weighted by molar-refractivity contribution is 0.170. The molecule has 0 radical (unpaired) electrons. The van der Waals surface area contributed by atoms with Crippen LogP contribution in [0.2, 0.25) is 0 Å². The second-order valence-electron chi connectivity index (χ2n) is 9.61. The van der Waals surface area contributed by atoms with Crippen LogP contribution < -0.4 is 10.1 Å². The van der Waals surface area contributed by atoms with Gasteiger partial charge in [0.2, 0.25) is 9.84 Å². The molecule has 0 spiro atoms. The molecule has 2 aromatic carbocycles. The molecule has 3 heterocycles. The van der Waals surface area contributed by atoms with E-state index in [0.29, 0.717) is 28.3 Å². The largest absolute Gasteiger partial charge is 0.496 e. The van der Waals surface area contributed by atoms with Crippen LogP contribution in [0.15, 0.2) is 92.7 Å². The molecule has 8 heteroatoms. The number of benzene rings is 2. The molecule has 1 aliphatic carbocycles. The van der Waals surface area contributed by atoms with E-state index in [1.807, 2.05) is 48.7 Å². The third kappa shape index (κ3) is 3.78. The molecular weight excluding hydrogens is 488 g/mol. The van der Waals surface area contributed by atoms with Gasteiger partial charge < -0.3 is 19.5 Å². The number of rotatable bonds is 5. The number of ether oxygens (including phenoxy) is 3. The molecule has 0 fully saturated rings. The van der Waals surface area contributed by atoms with Crippen molar-refractivity contribution in [3.8, 4) is 5.75 Å². The zero-order valence-corrected chi connectivity index (χ0v) is 21.7. The summed E-state index contributed by atoms with van der Waals surface area (Å²) in [7, 11) is -0.588. The van der Waals surface area contributed by atoms with Crippen molar-refractivity contribution in [2.75, 3.05) is 19.5 Å². The number of sulfone groups is 1. The van der Waals surface area contributed by atoms with Crippen LogP contribution in [0, 0.1) is 5.92 Å². The van der Waals surface area contributed by atoms with Crippen LogP contribution in [-0.4, -0.2) is 35.0 Å². The van der Waals surface area contributed by atoms with Gasteiger partial charge in [0.1, 0.15) is 17.6 Å². The maximum absolute atomic E-state index is 13.7. The minimum absolute atomic E-state index is 0.0786. The summed E-state index contributed by atoms with van der Waals surface area (Å²) in [6, 6.07) is 13.2. The van der Waals surface area contributed by atoms with Crippen LogP contribution in [0.5, 0.6) is 5.75 Å². The summed E-state index contributed by atoms with van der Waals surface area (Å²) >= 11 is 0. The van der Waals surface area contributed by atoms with Gasteiger partial charge in [-0.05, 0) is 48.1 Å². The number of hydrogen-bond donors (Lipinski definition) is 1. The fourth-order valence-corrected chi connectivity index (χ4v) is 7.48. The predicted octanol–water partition coefficient (Wildman–Crippen LogP) is 5.56. The Morgan fingerprint density at radius 2 is 1.86 bits per heavy atom. The van der Waals surface area contributed by atoms with Crippen molar-refractivity contribution in [2.24, 2.45) is 10.9 Å². The Morgan fingerprint density at radius 3 is 2.62 bits per heavy atom. The molecule has 3 atom stereocenters. The molecule has 6 rings (SSSR count). The molecule has 3 aliphatic heterocycles. The number of para-hydroxylation sites is 1. The Balaban J connectivity index is 1.57. The van der Waals surface area contributed by atoms with Gasteiger partial charge in [-0.2, -0.15) is 0 Å². The average Bonchev–Trinajstić information content (AvgIpc) is 3.42. The molecule has 0 amide bonds. The number of fused-ring (bicyclic) bond motifs is 1. The van der Waals surface area contributed by atoms with Crippen molar-refractivity contribution in [1.82, 2.24) is 0 Å². The monoisotopic (exact) mass is 516 g/mol. The van der Waals surface area contributed by atoms with Gasteiger partial charge in [0.25, 0.3) is 0 Å². The van der Waals surface area contributed by atoms with E-state index < -0.39 is 9.84 Å². The Bertz CT molecular complexity index is 1530. The molecule has 0 aromatic heterocycles. The van der Waals surface area contributed by atoms with Crippen molar-refractivity contribution in [3.63, 3.8) is 0 Å². The lowest BCUT2D eigenvalue weighted by atomic mass is 9.72. The minimum atomic E-state index is -3.77. The van der Waals surface area contributed by atoms with Gasteiger partial charge in [-0.1, -0.05) is 31.2 Å². The highest BCUT2D eigenvalue weighted by molar-refractivity contribution is 7.95. The highest BCUT2D eigenvalue weighted by atomic mass is 32.2. The van der Waals surface area contributed by atoms with Crippen molar-refractivity contribution < 1.29 is 22.6 Å². The van der Waals surface area contributed by atoms with E-state index in [1.165, 1.54) is 5.41 Å². The first-order chi connectivity index (χ1) is 17.9. The molecule has 1 N–H and O–H groups in total. The molecule has 3 unspecified atom stereocenters. The van der Waals surface area contributed by atoms with Gasteiger partial charge in [0.15, 0.2) is 0 Å². The van der Waals surface area contributed by atoms with Crippen LogP contribution in [0.25, 0.3) is 5.70 Å². The molecule has 37 heavy (non-hydrogen) atoms. The molecule has 0 saturated heterocycles. The summed E-state index contributed by atoms with van der Waals surface area (Å²) in [4.78, 5) is 4.84. The lowest BCUT2D eigenvalue weighted by Crippen LogP contribution is -2.27. The quantitative estimate of drug-likeness (QED) is 0.560. The Kier molecular flexibility index (Phi) is 5.71. The summed E-state index contributed by atoms with van der Waals surface area (Å²) in [5, 5.41) is 4.58. The smallest absolute Gasteiger partial charge is 0.202 e. The molecule has 4 aliphatic rings. The highest BCUT2D eigenvalue weighted by Gasteiger charge is 2.42. The fourth-order valence-electron chi connectivity index (χ4n) is 5.85. The van der Waals surface area contributed by atoms with Crippen LogP contribution in [0.4, 0.5) is 5.69 Å². The zero-order chi connectivity index (χ0) is 25.7. The van der Waals surface area contributed by atoms with Crippen molar-refractivity contribution in [1.29, 1.82) is 0 Å². The predicted molar refractivity (Wildman–Crippen MR) is 143 cm³/mol. The number of allylic oxidation sites excluding steroid dienone is 2. The van der Waals surface area contributed by atoms with Gasteiger partial charge in [-0.3, -0.25) is 4.99 Å². The second kappa shape index (κ2) is 8.95. The van der Waals surface area contributed by atoms with Gasteiger partial charge in [-0.15, -0.1) is 0 Å². The summed E-state index contributed by atoms with van der Waals surface area (Å²) in [6.07, 6.45) is 7.01. The first-order valence-electron chi connectivity index (χ1n) is 12.3. The number of nitrogens with zero attached hydrogens (tertiary/aromatic N) is 1. The first-order valence-corrected chi connectivity index (χ1v) is 13.9. The van der Waals surface area contributed by atoms with Crippen LogP contribution >= 0.6 is 0 Å². The van der Waals surface area contributed by atoms with E-state index in [9.17, 15) is 8.42 Å². The Morgan fingerprint density at radius 1 is 1.05 bits per heavy atom. The average molecular weight is 517 g/mol. The molecule has 190 valence electrons. The number of nitrogens with one attached hydrogen (secondary N) is 1. The SMILES string of the molecule is CO/C1=C/N=CC(c2ccc(OC)c3c2S(=O)(=O)C=C3Nc2ccccc2)C2=C3C1=COC3CCC2C. The highest BCUT2D eigenvalue weighted by Crippen LogP contribution is 2.51. The van der Waals surface area contributed by atoms with Crippen molar-refractivity contribution >= 4 is 27.4 Å². The standard InChI is InChI=1S/C29H28N2O5S/c1-17-9-11-24-27-21(15-36-24)25(35-3)14-30-13-20(26(17)27)19-10-12-23(34-2)28-22(16-37(32,33)29(19)28)31-18-7-5-4-6-8-18/h4-8,10,12-17,20,24,31H,9,11H2,1-3H3/b25-14+,30-13?. The second-order valence-corrected chi connectivity index (χ2v) is 11.3. The van der Waals surface area contributed by atoms with Gasteiger partial charge >= 0.3 is 0 Å². The first kappa shape index (κ1) is 23.6. The maximum atomic E-state index is 13.7. The third-order valence-electron chi connectivity index (χ3n) is 7.50. The van der Waals surface area contributed by atoms with Crippen LogP contribution in [0.3, 0.4) is 0 Å². The summed E-state index contributed by atoms with van der Waals surface area (Å²) < 4.78 is 44.8. The van der Waals surface area contributed by atoms with E-state index in [4.69, 9.17) is 14.2 Å². The minimum Gasteiger partial charge on any atom is -0.496 e. The third-order valence-corrected chi connectivity index (χ3v) is 9.05. The van der Waals surface area contributed by atoms with Crippen molar-refractivity contribution in [2.45, 2.75) is 36.7 Å². The van der Waals surface area contributed by atoms with Gasteiger partial charge in [0.05, 0.1) is 53.8 Å².